The number of nitrogens with one attached hydrogen (secondary N) is 1. The molecular formula is C17H14Cl2N2O. The first-order chi connectivity index (χ1) is 10.6. The number of nitrogens with zero attached hydrogens (tertiary/aromatic N) is 1. The summed E-state index contributed by atoms with van der Waals surface area (Å²) < 4.78 is 1.98. The van der Waals surface area contributed by atoms with Crippen LogP contribution in [0.3, 0.4) is 0 Å². The third-order valence-corrected chi connectivity index (χ3v) is 4.36. The van der Waals surface area contributed by atoms with Gasteiger partial charge in [0, 0.05) is 11.2 Å². The Kier molecular flexibility index (Phi) is 4.10. The van der Waals surface area contributed by atoms with Crippen LogP contribution in [0.1, 0.15) is 5.69 Å². The molecule has 3 nitrogen and oxygen atoms in total. The second kappa shape index (κ2) is 6.03. The minimum absolute atomic E-state index is 0.145. The van der Waals surface area contributed by atoms with Gasteiger partial charge in [0.25, 0.3) is 0 Å². The van der Waals surface area contributed by atoms with Gasteiger partial charge in [-0.05, 0) is 36.6 Å². The van der Waals surface area contributed by atoms with E-state index in [0.717, 1.165) is 16.6 Å². The fourth-order valence-electron chi connectivity index (χ4n) is 2.49. The minimum atomic E-state index is -0.145. The van der Waals surface area contributed by atoms with Crippen LogP contribution in [0.4, 0.5) is 5.69 Å². The summed E-state index contributed by atoms with van der Waals surface area (Å²) in [5, 5.41) is 4.70. The molecule has 0 atom stereocenters. The van der Waals surface area contributed by atoms with Gasteiger partial charge in [-0.25, -0.2) is 0 Å². The summed E-state index contributed by atoms with van der Waals surface area (Å²) in [5.74, 6) is -0.145. The van der Waals surface area contributed by atoms with E-state index in [9.17, 15) is 4.79 Å². The summed E-state index contributed by atoms with van der Waals surface area (Å²) in [5.41, 5.74) is 2.59. The van der Waals surface area contributed by atoms with Gasteiger partial charge in [0.2, 0.25) is 5.91 Å². The highest BCUT2D eigenvalue weighted by atomic mass is 35.5. The zero-order chi connectivity index (χ0) is 15.7. The second-order valence-corrected chi connectivity index (χ2v) is 5.87. The number of aromatic nitrogens is 1. The van der Waals surface area contributed by atoms with Crippen molar-refractivity contribution in [1.82, 2.24) is 4.57 Å². The van der Waals surface area contributed by atoms with Crippen LogP contribution < -0.4 is 5.32 Å². The molecule has 0 unspecified atom stereocenters. The van der Waals surface area contributed by atoms with Crippen LogP contribution in [-0.4, -0.2) is 10.5 Å². The van der Waals surface area contributed by atoms with E-state index in [-0.39, 0.29) is 12.5 Å². The Labute approximate surface area is 138 Å². The van der Waals surface area contributed by atoms with Gasteiger partial charge in [0.15, 0.2) is 0 Å². The topological polar surface area (TPSA) is 34.0 Å². The fourth-order valence-corrected chi connectivity index (χ4v) is 2.84. The van der Waals surface area contributed by atoms with Crippen molar-refractivity contribution in [3.05, 3.63) is 64.3 Å². The van der Waals surface area contributed by atoms with Gasteiger partial charge in [0.05, 0.1) is 15.7 Å². The molecule has 22 heavy (non-hydrogen) atoms. The summed E-state index contributed by atoms with van der Waals surface area (Å²) in [4.78, 5) is 12.3. The number of amides is 1. The van der Waals surface area contributed by atoms with E-state index in [2.05, 4.69) is 11.4 Å². The van der Waals surface area contributed by atoms with Gasteiger partial charge >= 0.3 is 0 Å². The molecule has 0 aliphatic rings. The van der Waals surface area contributed by atoms with Crippen LogP contribution in [-0.2, 0) is 11.3 Å². The number of fused-ring (bicyclic) bond motifs is 1. The molecule has 112 valence electrons. The maximum Gasteiger partial charge on any atom is 0.244 e. The molecule has 0 spiro atoms. The quantitative estimate of drug-likeness (QED) is 0.727. The molecule has 3 aromatic rings. The molecule has 2 aromatic carbocycles. The molecule has 1 aromatic heterocycles. The van der Waals surface area contributed by atoms with E-state index in [1.165, 1.54) is 0 Å². The van der Waals surface area contributed by atoms with E-state index >= 15 is 0 Å². The fraction of sp³-hybridized carbons (Fsp3) is 0.118. The SMILES string of the molecule is Cc1cc2ccccc2n1CC(=O)Nc1cccc(Cl)c1Cl. The lowest BCUT2D eigenvalue weighted by Gasteiger charge is -2.11. The number of hydrogen-bond donors (Lipinski definition) is 1. The number of carbonyl (C=O) groups excluding carboxylic acids is 1. The van der Waals surface area contributed by atoms with E-state index < -0.39 is 0 Å². The van der Waals surface area contributed by atoms with E-state index in [4.69, 9.17) is 23.2 Å². The minimum Gasteiger partial charge on any atom is -0.335 e. The number of aryl methyl sites for hydroxylation is 1. The van der Waals surface area contributed by atoms with Crippen molar-refractivity contribution in [2.75, 3.05) is 5.32 Å². The molecule has 0 saturated heterocycles. The molecule has 5 heteroatoms. The lowest BCUT2D eigenvalue weighted by Crippen LogP contribution is -2.19. The largest absolute Gasteiger partial charge is 0.335 e. The van der Waals surface area contributed by atoms with Crippen LogP contribution in [0.25, 0.3) is 10.9 Å². The zero-order valence-corrected chi connectivity index (χ0v) is 13.4. The smallest absolute Gasteiger partial charge is 0.244 e. The Bertz CT molecular complexity index is 855. The maximum atomic E-state index is 12.3. The van der Waals surface area contributed by atoms with Crippen LogP contribution in [0.15, 0.2) is 48.5 Å². The number of anilines is 1. The van der Waals surface area contributed by atoms with Crippen LogP contribution >= 0.6 is 23.2 Å². The molecule has 0 saturated carbocycles. The van der Waals surface area contributed by atoms with Gasteiger partial charge in [-0.2, -0.15) is 0 Å². The van der Waals surface area contributed by atoms with Crippen molar-refractivity contribution in [3.8, 4) is 0 Å². The number of rotatable bonds is 3. The Hall–Kier alpha value is -1.97. The van der Waals surface area contributed by atoms with Gasteiger partial charge in [-0.1, -0.05) is 47.5 Å². The van der Waals surface area contributed by atoms with Gasteiger partial charge < -0.3 is 9.88 Å². The molecule has 0 fully saturated rings. The molecule has 0 radical (unpaired) electrons. The molecule has 3 rings (SSSR count). The highest BCUT2D eigenvalue weighted by Gasteiger charge is 2.12. The van der Waals surface area contributed by atoms with Crippen molar-refractivity contribution in [2.24, 2.45) is 0 Å². The highest BCUT2D eigenvalue weighted by Crippen LogP contribution is 2.29. The molecule has 0 bridgehead atoms. The third-order valence-electron chi connectivity index (χ3n) is 3.55. The maximum absolute atomic E-state index is 12.3. The number of halogens is 2. The monoisotopic (exact) mass is 332 g/mol. The average Bonchev–Trinajstić information content (AvgIpc) is 2.80. The standard InChI is InChI=1S/C17H14Cl2N2O/c1-11-9-12-5-2-3-8-15(12)21(11)10-16(22)20-14-7-4-6-13(18)17(14)19/h2-9H,10H2,1H3,(H,20,22). The summed E-state index contributed by atoms with van der Waals surface area (Å²) in [7, 11) is 0. The van der Waals surface area contributed by atoms with Crippen molar-refractivity contribution < 1.29 is 4.79 Å². The van der Waals surface area contributed by atoms with Crippen molar-refractivity contribution in [2.45, 2.75) is 13.5 Å². The Morgan fingerprint density at radius 2 is 1.91 bits per heavy atom. The van der Waals surface area contributed by atoms with Crippen LogP contribution in [0, 0.1) is 6.92 Å². The first-order valence-corrected chi connectivity index (χ1v) is 7.60. The lowest BCUT2D eigenvalue weighted by atomic mass is 10.2. The average molecular weight is 333 g/mol. The predicted octanol–water partition coefficient (Wildman–Crippen LogP) is 4.90. The Balaban J connectivity index is 1.84. The number of carbonyl (C=O) groups is 1. The zero-order valence-electron chi connectivity index (χ0n) is 11.9. The van der Waals surface area contributed by atoms with Crippen molar-refractivity contribution in [3.63, 3.8) is 0 Å². The van der Waals surface area contributed by atoms with E-state index in [0.29, 0.717) is 15.7 Å². The van der Waals surface area contributed by atoms with E-state index in [1.807, 2.05) is 35.8 Å². The molecule has 0 aliphatic heterocycles. The molecule has 1 amide bonds. The molecule has 1 N–H and O–H groups in total. The van der Waals surface area contributed by atoms with Gasteiger partial charge in [-0.15, -0.1) is 0 Å². The summed E-state index contributed by atoms with van der Waals surface area (Å²) in [6, 6.07) is 15.2. The van der Waals surface area contributed by atoms with Crippen LogP contribution in [0.2, 0.25) is 10.0 Å². The highest BCUT2D eigenvalue weighted by molar-refractivity contribution is 6.43. The van der Waals surface area contributed by atoms with Crippen molar-refractivity contribution in [1.29, 1.82) is 0 Å². The van der Waals surface area contributed by atoms with Gasteiger partial charge in [0.1, 0.15) is 6.54 Å². The number of para-hydroxylation sites is 1. The second-order valence-electron chi connectivity index (χ2n) is 5.08. The summed E-state index contributed by atoms with van der Waals surface area (Å²) >= 11 is 12.0. The van der Waals surface area contributed by atoms with E-state index in [1.54, 1.807) is 18.2 Å². The van der Waals surface area contributed by atoms with Crippen LogP contribution in [0.5, 0.6) is 0 Å². The number of hydrogen-bond acceptors (Lipinski definition) is 1. The third kappa shape index (κ3) is 2.82. The predicted molar refractivity (Wildman–Crippen MR) is 91.8 cm³/mol. The normalized spacial score (nSPS) is 10.9. The van der Waals surface area contributed by atoms with Crippen molar-refractivity contribution >= 4 is 45.7 Å². The lowest BCUT2D eigenvalue weighted by molar-refractivity contribution is -0.116. The summed E-state index contributed by atoms with van der Waals surface area (Å²) in [6.07, 6.45) is 0. The Morgan fingerprint density at radius 3 is 2.73 bits per heavy atom. The molecule has 1 heterocycles. The first kappa shape index (κ1) is 14.9. The molecular weight excluding hydrogens is 319 g/mol. The van der Waals surface area contributed by atoms with Gasteiger partial charge in [-0.3, -0.25) is 4.79 Å². The summed E-state index contributed by atoms with van der Waals surface area (Å²) in [6.45, 7) is 2.21. The first-order valence-electron chi connectivity index (χ1n) is 6.85. The number of benzene rings is 2. The Morgan fingerprint density at radius 1 is 1.14 bits per heavy atom. The molecule has 0 aliphatic carbocycles.